The molecule has 2 nitrogen and oxygen atoms in total. The summed E-state index contributed by atoms with van der Waals surface area (Å²) in [5, 5.41) is 9.23. The molecular weight excluding hydrogens is 313 g/mol. The van der Waals surface area contributed by atoms with Crippen LogP contribution in [-0.2, 0) is 6.54 Å². The van der Waals surface area contributed by atoms with Crippen LogP contribution in [0.1, 0.15) is 5.56 Å². The number of aromatic hydroxyl groups is 1. The third-order valence-electron chi connectivity index (χ3n) is 2.40. The van der Waals surface area contributed by atoms with E-state index >= 15 is 0 Å². The fourth-order valence-corrected chi connectivity index (χ4v) is 2.03. The Bertz CT molecular complexity index is 468. The van der Waals surface area contributed by atoms with Crippen molar-refractivity contribution in [2.45, 2.75) is 6.54 Å². The fourth-order valence-electron chi connectivity index (χ4n) is 1.59. The summed E-state index contributed by atoms with van der Waals surface area (Å²) in [6.07, 6.45) is 0. The Hall–Kier alpha value is -1.07. The minimum absolute atomic E-state index is 0.300. The van der Waals surface area contributed by atoms with Crippen molar-refractivity contribution in [2.24, 2.45) is 0 Å². The molecule has 0 amide bonds. The van der Waals surface area contributed by atoms with Gasteiger partial charge < -0.3 is 5.11 Å². The van der Waals surface area contributed by atoms with Crippen LogP contribution in [0.15, 0.2) is 48.5 Å². The lowest BCUT2D eigenvalue weighted by molar-refractivity contribution is 0.475. The Labute approximate surface area is 109 Å². The highest BCUT2D eigenvalue weighted by Gasteiger charge is 1.99. The summed E-state index contributed by atoms with van der Waals surface area (Å²) < 4.78 is 3.10. The molecule has 2 N–H and O–H groups in total. The van der Waals surface area contributed by atoms with Crippen molar-refractivity contribution in [2.75, 3.05) is 0 Å². The highest BCUT2D eigenvalue weighted by Crippen LogP contribution is 2.22. The molecule has 16 heavy (non-hydrogen) atoms. The molecule has 0 saturated carbocycles. The first kappa shape index (κ1) is 11.4. The van der Waals surface area contributed by atoms with E-state index in [0.29, 0.717) is 5.75 Å². The summed E-state index contributed by atoms with van der Waals surface area (Å²) in [5.74, 6) is 0.300. The van der Waals surface area contributed by atoms with Crippen LogP contribution in [0.3, 0.4) is 0 Å². The Morgan fingerprint density at radius 1 is 1.00 bits per heavy atom. The predicted octanol–water partition coefficient (Wildman–Crippen LogP) is 3.50. The molecule has 2 rings (SSSR count). The first-order valence-electron chi connectivity index (χ1n) is 5.01. The van der Waals surface area contributed by atoms with Gasteiger partial charge in [0, 0.05) is 29.4 Å². The molecule has 0 heterocycles. The van der Waals surface area contributed by atoms with Crippen molar-refractivity contribution in [3.63, 3.8) is 0 Å². The van der Waals surface area contributed by atoms with Crippen molar-refractivity contribution in [1.29, 1.82) is 0 Å². The van der Waals surface area contributed by atoms with Crippen molar-refractivity contribution in [3.8, 4) is 16.9 Å². The maximum atomic E-state index is 9.23. The maximum Gasteiger partial charge on any atom is 0.115 e. The van der Waals surface area contributed by atoms with Gasteiger partial charge in [-0.3, -0.25) is 3.53 Å². The molecule has 0 unspecified atom stereocenters. The average Bonchev–Trinajstić information content (AvgIpc) is 2.31. The largest absolute Gasteiger partial charge is 0.508 e. The number of nitrogens with one attached hydrogen (secondary N) is 1. The minimum atomic E-state index is 0.300. The lowest BCUT2D eigenvalue weighted by atomic mass is 10.0. The zero-order chi connectivity index (χ0) is 11.4. The van der Waals surface area contributed by atoms with Gasteiger partial charge in [0.15, 0.2) is 0 Å². The maximum absolute atomic E-state index is 9.23. The second-order valence-electron chi connectivity index (χ2n) is 3.56. The standard InChI is InChI=1S/C13H12INO/c14-15-9-10-2-1-3-12(8-10)11-4-6-13(16)7-5-11/h1-8,15-16H,9H2. The van der Waals surface area contributed by atoms with Crippen LogP contribution in [0, 0.1) is 0 Å². The number of hydrogen-bond donors (Lipinski definition) is 2. The molecule has 0 aliphatic rings. The topological polar surface area (TPSA) is 32.3 Å². The molecule has 0 aliphatic carbocycles. The zero-order valence-electron chi connectivity index (χ0n) is 8.65. The summed E-state index contributed by atoms with van der Waals surface area (Å²) in [6, 6.07) is 15.6. The quantitative estimate of drug-likeness (QED) is 0.669. The second kappa shape index (κ2) is 5.32. The number of halogens is 1. The van der Waals surface area contributed by atoms with Gasteiger partial charge in [-0.2, -0.15) is 0 Å². The van der Waals surface area contributed by atoms with Crippen molar-refractivity contribution in [1.82, 2.24) is 3.53 Å². The lowest BCUT2D eigenvalue weighted by Gasteiger charge is -2.05. The van der Waals surface area contributed by atoms with E-state index < -0.39 is 0 Å². The van der Waals surface area contributed by atoms with Gasteiger partial charge in [0.1, 0.15) is 5.75 Å². The van der Waals surface area contributed by atoms with Crippen LogP contribution in [0.25, 0.3) is 11.1 Å². The molecule has 0 radical (unpaired) electrons. The summed E-state index contributed by atoms with van der Waals surface area (Å²) in [5.41, 5.74) is 3.54. The van der Waals surface area contributed by atoms with Gasteiger partial charge in [-0.25, -0.2) is 0 Å². The predicted molar refractivity (Wildman–Crippen MR) is 74.4 cm³/mol. The van der Waals surface area contributed by atoms with Crippen LogP contribution >= 0.6 is 22.9 Å². The van der Waals surface area contributed by atoms with E-state index in [4.69, 9.17) is 0 Å². The van der Waals surface area contributed by atoms with Gasteiger partial charge in [0.05, 0.1) is 0 Å². The molecule has 0 bridgehead atoms. The van der Waals surface area contributed by atoms with Crippen LogP contribution in [-0.4, -0.2) is 5.11 Å². The SMILES string of the molecule is Oc1ccc(-c2cccc(CNI)c2)cc1. The number of rotatable bonds is 3. The highest BCUT2D eigenvalue weighted by atomic mass is 127. The first-order valence-corrected chi connectivity index (χ1v) is 6.09. The van der Waals surface area contributed by atoms with Gasteiger partial charge >= 0.3 is 0 Å². The number of benzene rings is 2. The Morgan fingerprint density at radius 3 is 2.44 bits per heavy atom. The Morgan fingerprint density at radius 2 is 1.75 bits per heavy atom. The summed E-state index contributed by atoms with van der Waals surface area (Å²) in [6.45, 7) is 0.854. The van der Waals surface area contributed by atoms with Gasteiger partial charge in [-0.15, -0.1) is 0 Å². The lowest BCUT2D eigenvalue weighted by Crippen LogP contribution is -1.96. The molecule has 0 saturated heterocycles. The highest BCUT2D eigenvalue weighted by molar-refractivity contribution is 14.1. The third kappa shape index (κ3) is 2.74. The molecule has 2 aromatic carbocycles. The van der Waals surface area contributed by atoms with Crippen LogP contribution < -0.4 is 3.53 Å². The third-order valence-corrected chi connectivity index (χ3v) is 2.78. The van der Waals surface area contributed by atoms with Gasteiger partial charge in [-0.1, -0.05) is 30.3 Å². The molecule has 0 aromatic heterocycles. The van der Waals surface area contributed by atoms with E-state index in [1.54, 1.807) is 12.1 Å². The molecule has 0 atom stereocenters. The number of phenols is 1. The summed E-state index contributed by atoms with van der Waals surface area (Å²) in [4.78, 5) is 0. The Balaban J connectivity index is 2.32. The van der Waals surface area contributed by atoms with E-state index in [1.165, 1.54) is 11.1 Å². The van der Waals surface area contributed by atoms with Crippen molar-refractivity contribution in [3.05, 3.63) is 54.1 Å². The van der Waals surface area contributed by atoms with E-state index in [2.05, 4.69) is 44.6 Å². The van der Waals surface area contributed by atoms with E-state index in [-0.39, 0.29) is 0 Å². The monoisotopic (exact) mass is 325 g/mol. The first-order chi connectivity index (χ1) is 7.79. The molecule has 3 heteroatoms. The molecule has 0 aliphatic heterocycles. The van der Waals surface area contributed by atoms with Crippen LogP contribution in [0.5, 0.6) is 5.75 Å². The molecule has 2 aromatic rings. The Kier molecular flexibility index (Phi) is 3.79. The van der Waals surface area contributed by atoms with Crippen molar-refractivity contribution >= 4 is 22.9 Å². The van der Waals surface area contributed by atoms with E-state index in [9.17, 15) is 5.11 Å². The number of hydrogen-bond acceptors (Lipinski definition) is 2. The number of phenolic OH excluding ortho intramolecular Hbond substituents is 1. The molecule has 0 spiro atoms. The van der Waals surface area contributed by atoms with E-state index in [1.807, 2.05) is 18.2 Å². The fraction of sp³-hybridized carbons (Fsp3) is 0.0769. The average molecular weight is 325 g/mol. The van der Waals surface area contributed by atoms with E-state index in [0.717, 1.165) is 12.1 Å². The van der Waals surface area contributed by atoms with Crippen molar-refractivity contribution < 1.29 is 5.11 Å². The molecular formula is C13H12INO. The molecule has 0 fully saturated rings. The second-order valence-corrected chi connectivity index (χ2v) is 4.32. The van der Waals surface area contributed by atoms with Gasteiger partial charge in [-0.05, 0) is 34.9 Å². The van der Waals surface area contributed by atoms with Gasteiger partial charge in [0.25, 0.3) is 0 Å². The normalized spacial score (nSPS) is 10.3. The molecule has 82 valence electrons. The summed E-state index contributed by atoms with van der Waals surface area (Å²) >= 11 is 2.14. The zero-order valence-corrected chi connectivity index (χ0v) is 10.8. The van der Waals surface area contributed by atoms with Crippen LogP contribution in [0.4, 0.5) is 0 Å². The van der Waals surface area contributed by atoms with Gasteiger partial charge in [0.2, 0.25) is 0 Å². The van der Waals surface area contributed by atoms with Crippen LogP contribution in [0.2, 0.25) is 0 Å². The summed E-state index contributed by atoms with van der Waals surface area (Å²) in [7, 11) is 0. The smallest absolute Gasteiger partial charge is 0.115 e. The minimum Gasteiger partial charge on any atom is -0.508 e.